The van der Waals surface area contributed by atoms with Gasteiger partial charge in [-0.15, -0.1) is 0 Å². The summed E-state index contributed by atoms with van der Waals surface area (Å²) in [6, 6.07) is 8.06. The van der Waals surface area contributed by atoms with Gasteiger partial charge in [-0.05, 0) is 26.0 Å². The Morgan fingerprint density at radius 3 is 2.53 bits per heavy atom. The maximum Gasteiger partial charge on any atom is 0.166 e. The van der Waals surface area contributed by atoms with Gasteiger partial charge in [0.15, 0.2) is 5.78 Å². The van der Waals surface area contributed by atoms with E-state index in [0.29, 0.717) is 6.04 Å². The molecule has 3 nitrogen and oxygen atoms in total. The molecule has 0 saturated heterocycles. The minimum Gasteiger partial charge on any atom is -0.381 e. The quantitative estimate of drug-likeness (QED) is 0.844. The van der Waals surface area contributed by atoms with E-state index < -0.39 is 0 Å². The van der Waals surface area contributed by atoms with Gasteiger partial charge in [-0.25, -0.2) is 0 Å². The number of benzene rings is 1. The minimum absolute atomic E-state index is 0.00712. The zero-order chi connectivity index (χ0) is 14.0. The second-order valence-electron chi connectivity index (χ2n) is 5.38. The monoisotopic (exact) mass is 256 g/mol. The molecule has 2 aromatic rings. The van der Waals surface area contributed by atoms with Gasteiger partial charge in [0, 0.05) is 29.1 Å². The van der Waals surface area contributed by atoms with E-state index >= 15 is 0 Å². The molecule has 0 amide bonds. The topological polar surface area (TPSA) is 42.0 Å². The Morgan fingerprint density at radius 2 is 1.89 bits per heavy atom. The molecule has 3 heteroatoms. The Balaban J connectivity index is 2.60. The summed E-state index contributed by atoms with van der Waals surface area (Å²) in [6.45, 7) is 8.01. The lowest BCUT2D eigenvalue weighted by atomic mass is 9.97. The molecule has 0 atom stereocenters. The van der Waals surface area contributed by atoms with Crippen molar-refractivity contribution in [1.29, 1.82) is 0 Å². The van der Waals surface area contributed by atoms with Gasteiger partial charge in [0.1, 0.15) is 0 Å². The molecule has 0 spiro atoms. The van der Waals surface area contributed by atoms with E-state index in [1.165, 1.54) is 0 Å². The van der Waals surface area contributed by atoms with Gasteiger partial charge in [0.2, 0.25) is 0 Å². The third kappa shape index (κ3) is 2.75. The van der Waals surface area contributed by atoms with Gasteiger partial charge in [-0.3, -0.25) is 9.78 Å². The summed E-state index contributed by atoms with van der Waals surface area (Å²) in [4.78, 5) is 16.7. The highest BCUT2D eigenvalue weighted by Crippen LogP contribution is 2.26. The summed E-state index contributed by atoms with van der Waals surface area (Å²) in [5.41, 5.74) is 2.60. The minimum atomic E-state index is -0.00712. The van der Waals surface area contributed by atoms with E-state index in [1.54, 1.807) is 6.20 Å². The van der Waals surface area contributed by atoms with Crippen molar-refractivity contribution in [2.24, 2.45) is 5.92 Å². The lowest BCUT2D eigenvalue weighted by Crippen LogP contribution is -2.12. The number of anilines is 1. The molecule has 0 radical (unpaired) electrons. The summed E-state index contributed by atoms with van der Waals surface area (Å²) in [6.07, 6.45) is 1.71. The molecule has 0 aliphatic heterocycles. The smallest absolute Gasteiger partial charge is 0.166 e. The first kappa shape index (κ1) is 13.5. The van der Waals surface area contributed by atoms with Crippen molar-refractivity contribution in [2.75, 3.05) is 5.32 Å². The molecule has 19 heavy (non-hydrogen) atoms. The normalized spacial score (nSPS) is 11.3. The molecule has 0 aliphatic carbocycles. The molecule has 1 aromatic heterocycles. The first-order valence-electron chi connectivity index (χ1n) is 6.69. The maximum atomic E-state index is 12.2. The molecule has 0 aliphatic rings. The van der Waals surface area contributed by atoms with Crippen LogP contribution in [-0.2, 0) is 0 Å². The van der Waals surface area contributed by atoms with E-state index in [-0.39, 0.29) is 11.7 Å². The lowest BCUT2D eigenvalue weighted by Gasteiger charge is -2.14. The number of Topliss-reactive ketones (excluding diaryl/α,β-unsaturated/α-hetero) is 1. The predicted molar refractivity (Wildman–Crippen MR) is 79.7 cm³/mol. The van der Waals surface area contributed by atoms with Crippen LogP contribution >= 0.6 is 0 Å². The van der Waals surface area contributed by atoms with Crippen molar-refractivity contribution in [2.45, 2.75) is 33.7 Å². The zero-order valence-electron chi connectivity index (χ0n) is 11.9. The van der Waals surface area contributed by atoms with Gasteiger partial charge in [0.05, 0.1) is 11.2 Å². The Kier molecular flexibility index (Phi) is 3.84. The first-order valence-corrected chi connectivity index (χ1v) is 6.69. The third-order valence-corrected chi connectivity index (χ3v) is 3.01. The third-order valence-electron chi connectivity index (χ3n) is 3.01. The van der Waals surface area contributed by atoms with Crippen molar-refractivity contribution in [3.05, 3.63) is 36.0 Å². The summed E-state index contributed by atoms with van der Waals surface area (Å²) in [7, 11) is 0. The van der Waals surface area contributed by atoms with E-state index in [4.69, 9.17) is 0 Å². The fraction of sp³-hybridized carbons (Fsp3) is 0.375. The Labute approximate surface area is 114 Å². The van der Waals surface area contributed by atoms with Crippen molar-refractivity contribution in [3.8, 4) is 0 Å². The number of aromatic nitrogens is 1. The van der Waals surface area contributed by atoms with Gasteiger partial charge < -0.3 is 5.32 Å². The molecule has 1 N–H and O–H groups in total. The van der Waals surface area contributed by atoms with E-state index in [9.17, 15) is 4.79 Å². The summed E-state index contributed by atoms with van der Waals surface area (Å²) < 4.78 is 0. The van der Waals surface area contributed by atoms with Gasteiger partial charge in [-0.1, -0.05) is 26.0 Å². The number of para-hydroxylation sites is 1. The Morgan fingerprint density at radius 1 is 1.16 bits per heavy atom. The number of rotatable bonds is 4. The lowest BCUT2D eigenvalue weighted by molar-refractivity contribution is 0.0941. The number of pyridine rings is 1. The summed E-state index contributed by atoms with van der Waals surface area (Å²) in [5.74, 6) is 0.154. The number of hydrogen-bond acceptors (Lipinski definition) is 3. The molecule has 0 saturated carbocycles. The summed E-state index contributed by atoms with van der Waals surface area (Å²) >= 11 is 0. The second-order valence-corrected chi connectivity index (χ2v) is 5.38. The van der Waals surface area contributed by atoms with Crippen LogP contribution in [0.1, 0.15) is 38.1 Å². The molecule has 0 fully saturated rings. The number of ketones is 1. The Bertz CT molecular complexity index is 603. The molecular formula is C16H20N2O. The largest absolute Gasteiger partial charge is 0.381 e. The van der Waals surface area contributed by atoms with Crippen LogP contribution in [0, 0.1) is 5.92 Å². The number of carbonyl (C=O) groups excluding carboxylic acids is 1. The zero-order valence-corrected chi connectivity index (χ0v) is 11.9. The number of carbonyl (C=O) groups is 1. The van der Waals surface area contributed by atoms with Crippen molar-refractivity contribution in [1.82, 2.24) is 4.98 Å². The molecule has 0 bridgehead atoms. The summed E-state index contributed by atoms with van der Waals surface area (Å²) in [5, 5.41) is 4.29. The molecule has 1 heterocycles. The molecule has 100 valence electrons. The van der Waals surface area contributed by atoms with Crippen LogP contribution in [-0.4, -0.2) is 16.8 Å². The number of fused-ring (bicyclic) bond motifs is 1. The average Bonchev–Trinajstić information content (AvgIpc) is 2.37. The number of nitrogens with one attached hydrogen (secondary N) is 1. The van der Waals surface area contributed by atoms with Crippen LogP contribution in [0.15, 0.2) is 30.5 Å². The highest BCUT2D eigenvalue weighted by atomic mass is 16.1. The fourth-order valence-electron chi connectivity index (χ4n) is 2.13. The molecule has 1 aromatic carbocycles. The highest BCUT2D eigenvalue weighted by Gasteiger charge is 2.15. The molecule has 0 unspecified atom stereocenters. The average molecular weight is 256 g/mol. The van der Waals surface area contributed by atoms with E-state index in [0.717, 1.165) is 22.2 Å². The van der Waals surface area contributed by atoms with Crippen molar-refractivity contribution < 1.29 is 4.79 Å². The van der Waals surface area contributed by atoms with Crippen LogP contribution < -0.4 is 5.32 Å². The predicted octanol–water partition coefficient (Wildman–Crippen LogP) is 3.89. The van der Waals surface area contributed by atoms with Crippen LogP contribution in [0.3, 0.4) is 0 Å². The van der Waals surface area contributed by atoms with Gasteiger partial charge >= 0.3 is 0 Å². The van der Waals surface area contributed by atoms with E-state index in [2.05, 4.69) is 24.1 Å². The number of hydrogen-bond donors (Lipinski definition) is 1. The Hall–Kier alpha value is -1.90. The van der Waals surface area contributed by atoms with Crippen molar-refractivity contribution in [3.63, 3.8) is 0 Å². The van der Waals surface area contributed by atoms with Crippen LogP contribution in [0.25, 0.3) is 10.9 Å². The SMILES string of the molecule is CC(C)Nc1cccc2c(C(=O)C(C)C)ccnc12. The maximum absolute atomic E-state index is 12.2. The molecule has 2 rings (SSSR count). The van der Waals surface area contributed by atoms with Crippen LogP contribution in [0.5, 0.6) is 0 Å². The second kappa shape index (κ2) is 5.39. The van der Waals surface area contributed by atoms with Gasteiger partial charge in [0.25, 0.3) is 0 Å². The first-order chi connectivity index (χ1) is 9.00. The van der Waals surface area contributed by atoms with Gasteiger partial charge in [-0.2, -0.15) is 0 Å². The highest BCUT2D eigenvalue weighted by molar-refractivity contribution is 6.10. The van der Waals surface area contributed by atoms with Crippen LogP contribution in [0.4, 0.5) is 5.69 Å². The standard InChI is InChI=1S/C16H20N2O/c1-10(2)16(19)13-8-9-17-15-12(13)6-5-7-14(15)18-11(3)4/h5-11,18H,1-4H3. The van der Waals surface area contributed by atoms with E-state index in [1.807, 2.05) is 38.1 Å². The van der Waals surface area contributed by atoms with Crippen molar-refractivity contribution >= 4 is 22.4 Å². The molecular weight excluding hydrogens is 236 g/mol. The van der Waals surface area contributed by atoms with Crippen LogP contribution in [0.2, 0.25) is 0 Å². The number of nitrogens with zero attached hydrogens (tertiary/aromatic N) is 1. The fourth-order valence-corrected chi connectivity index (χ4v) is 2.13.